The number of nitrogen functional groups attached to an aromatic ring is 1. The van der Waals surface area contributed by atoms with E-state index >= 15 is 0 Å². The molecular formula is C15H24N4O. The molecular weight excluding hydrogens is 252 g/mol. The Labute approximate surface area is 120 Å². The number of carbonyl (C=O) groups excluding carboxylic acids is 1. The van der Waals surface area contributed by atoms with Crippen LogP contribution in [-0.4, -0.2) is 35.9 Å². The second-order valence-corrected chi connectivity index (χ2v) is 5.62. The lowest BCUT2D eigenvalue weighted by molar-refractivity contribution is -0.126. The summed E-state index contributed by atoms with van der Waals surface area (Å²) in [6, 6.07) is 0. The number of nitrogens with zero attached hydrogens (tertiary/aromatic N) is 2. The second kappa shape index (κ2) is 6.22. The molecule has 1 aliphatic rings. The van der Waals surface area contributed by atoms with Crippen LogP contribution in [0.1, 0.15) is 29.7 Å². The molecule has 110 valence electrons. The third-order valence-corrected chi connectivity index (χ3v) is 4.17. The molecule has 1 aliphatic heterocycles. The van der Waals surface area contributed by atoms with Crippen LogP contribution in [0.3, 0.4) is 0 Å². The summed E-state index contributed by atoms with van der Waals surface area (Å²) in [6.07, 6.45) is 3.86. The van der Waals surface area contributed by atoms with Crippen molar-refractivity contribution in [1.82, 2.24) is 15.2 Å². The summed E-state index contributed by atoms with van der Waals surface area (Å²) in [4.78, 5) is 18.6. The Hall–Kier alpha value is -1.62. The highest BCUT2D eigenvalue weighted by atomic mass is 16.1. The van der Waals surface area contributed by atoms with Crippen LogP contribution in [0, 0.1) is 19.8 Å². The molecule has 1 amide bonds. The van der Waals surface area contributed by atoms with Crippen molar-refractivity contribution in [2.75, 3.05) is 25.9 Å². The molecule has 5 nitrogen and oxygen atoms in total. The van der Waals surface area contributed by atoms with Crippen LogP contribution in [0.2, 0.25) is 0 Å². The number of piperidine rings is 1. The van der Waals surface area contributed by atoms with Crippen molar-refractivity contribution in [3.8, 4) is 0 Å². The third kappa shape index (κ3) is 3.10. The van der Waals surface area contributed by atoms with E-state index in [9.17, 15) is 4.79 Å². The van der Waals surface area contributed by atoms with Crippen LogP contribution in [-0.2, 0) is 11.3 Å². The summed E-state index contributed by atoms with van der Waals surface area (Å²) >= 11 is 0. The van der Waals surface area contributed by atoms with Gasteiger partial charge in [0.25, 0.3) is 0 Å². The zero-order valence-electron chi connectivity index (χ0n) is 12.6. The lowest BCUT2D eigenvalue weighted by Crippen LogP contribution is -2.41. The van der Waals surface area contributed by atoms with Gasteiger partial charge in [-0.05, 0) is 44.4 Å². The molecule has 5 heteroatoms. The van der Waals surface area contributed by atoms with E-state index in [2.05, 4.69) is 15.2 Å². The van der Waals surface area contributed by atoms with E-state index in [0.29, 0.717) is 0 Å². The maximum atomic E-state index is 11.8. The number of hydrogen-bond acceptors (Lipinski definition) is 4. The van der Waals surface area contributed by atoms with Crippen LogP contribution < -0.4 is 11.1 Å². The van der Waals surface area contributed by atoms with E-state index < -0.39 is 0 Å². The van der Waals surface area contributed by atoms with Crippen LogP contribution in [0.25, 0.3) is 0 Å². The number of pyridine rings is 1. The Morgan fingerprint density at radius 1 is 1.55 bits per heavy atom. The molecule has 0 spiro atoms. The molecule has 1 aromatic heterocycles. The molecule has 1 fully saturated rings. The molecule has 3 N–H and O–H groups in total. The van der Waals surface area contributed by atoms with Crippen molar-refractivity contribution in [2.24, 2.45) is 5.92 Å². The topological polar surface area (TPSA) is 71.2 Å². The first kappa shape index (κ1) is 14.8. The molecule has 0 radical (unpaired) electrons. The van der Waals surface area contributed by atoms with E-state index in [1.165, 1.54) is 0 Å². The van der Waals surface area contributed by atoms with Gasteiger partial charge in [0.15, 0.2) is 0 Å². The van der Waals surface area contributed by atoms with Crippen LogP contribution >= 0.6 is 0 Å². The molecule has 2 heterocycles. The summed E-state index contributed by atoms with van der Waals surface area (Å²) < 4.78 is 0. The van der Waals surface area contributed by atoms with Crippen LogP contribution in [0.15, 0.2) is 6.20 Å². The minimum absolute atomic E-state index is 0.0943. The number of likely N-dealkylation sites (tertiary alicyclic amines) is 1. The van der Waals surface area contributed by atoms with E-state index in [1.807, 2.05) is 20.0 Å². The molecule has 1 unspecified atom stereocenters. The lowest BCUT2D eigenvalue weighted by atomic mass is 9.97. The second-order valence-electron chi connectivity index (χ2n) is 5.62. The summed E-state index contributed by atoms with van der Waals surface area (Å²) in [5.74, 6) is 0.236. The number of rotatable bonds is 3. The van der Waals surface area contributed by atoms with E-state index in [-0.39, 0.29) is 11.8 Å². The van der Waals surface area contributed by atoms with E-state index in [1.54, 1.807) is 7.05 Å². The fourth-order valence-corrected chi connectivity index (χ4v) is 2.78. The number of aryl methyl sites for hydroxylation is 1. The van der Waals surface area contributed by atoms with Gasteiger partial charge in [0, 0.05) is 32.0 Å². The SMILES string of the molecule is CNC(=O)C1CCCN(Cc2ncc(C)c(N)c2C)C1. The van der Waals surface area contributed by atoms with Gasteiger partial charge in [0.1, 0.15) is 0 Å². The quantitative estimate of drug-likeness (QED) is 0.871. The molecule has 0 aromatic carbocycles. The summed E-state index contributed by atoms with van der Waals surface area (Å²) in [5, 5.41) is 2.75. The van der Waals surface area contributed by atoms with Gasteiger partial charge in [-0.15, -0.1) is 0 Å². The van der Waals surface area contributed by atoms with E-state index in [4.69, 9.17) is 5.73 Å². The van der Waals surface area contributed by atoms with Crippen molar-refractivity contribution < 1.29 is 4.79 Å². The van der Waals surface area contributed by atoms with Gasteiger partial charge in [0.2, 0.25) is 5.91 Å². The Bertz CT molecular complexity index is 501. The van der Waals surface area contributed by atoms with Crippen molar-refractivity contribution in [2.45, 2.75) is 33.2 Å². The largest absolute Gasteiger partial charge is 0.398 e. The average Bonchev–Trinajstić information content (AvgIpc) is 2.47. The van der Waals surface area contributed by atoms with Crippen molar-refractivity contribution >= 4 is 11.6 Å². The Morgan fingerprint density at radius 3 is 3.00 bits per heavy atom. The van der Waals surface area contributed by atoms with Crippen molar-refractivity contribution in [3.63, 3.8) is 0 Å². The zero-order chi connectivity index (χ0) is 14.7. The third-order valence-electron chi connectivity index (χ3n) is 4.17. The number of nitrogens with two attached hydrogens (primary N) is 1. The molecule has 2 rings (SSSR count). The number of amides is 1. The Morgan fingerprint density at radius 2 is 2.30 bits per heavy atom. The maximum absolute atomic E-state index is 11.8. The van der Waals surface area contributed by atoms with Crippen molar-refractivity contribution in [1.29, 1.82) is 0 Å². The Balaban J connectivity index is 2.06. The lowest BCUT2D eigenvalue weighted by Gasteiger charge is -2.31. The fourth-order valence-electron chi connectivity index (χ4n) is 2.78. The fraction of sp³-hybridized carbons (Fsp3) is 0.600. The monoisotopic (exact) mass is 276 g/mol. The number of aromatic nitrogens is 1. The van der Waals surface area contributed by atoms with Gasteiger partial charge < -0.3 is 11.1 Å². The highest BCUT2D eigenvalue weighted by molar-refractivity contribution is 5.78. The highest BCUT2D eigenvalue weighted by Crippen LogP contribution is 2.22. The predicted molar refractivity (Wildman–Crippen MR) is 80.2 cm³/mol. The Kier molecular flexibility index (Phi) is 4.60. The predicted octanol–water partition coefficient (Wildman–Crippen LogP) is 1.24. The minimum atomic E-state index is 0.0943. The van der Waals surface area contributed by atoms with Crippen LogP contribution in [0.5, 0.6) is 0 Å². The van der Waals surface area contributed by atoms with Crippen LogP contribution in [0.4, 0.5) is 5.69 Å². The van der Waals surface area contributed by atoms with E-state index in [0.717, 1.165) is 55.0 Å². The molecule has 0 aliphatic carbocycles. The summed E-state index contributed by atoms with van der Waals surface area (Å²) in [5.41, 5.74) is 9.99. The normalized spacial score (nSPS) is 19.9. The highest BCUT2D eigenvalue weighted by Gasteiger charge is 2.25. The maximum Gasteiger partial charge on any atom is 0.224 e. The molecule has 1 saturated heterocycles. The van der Waals surface area contributed by atoms with Crippen molar-refractivity contribution in [3.05, 3.63) is 23.0 Å². The number of carbonyl (C=O) groups is 1. The van der Waals surface area contributed by atoms with Gasteiger partial charge in [-0.25, -0.2) is 0 Å². The first-order chi connectivity index (χ1) is 9.52. The van der Waals surface area contributed by atoms with Gasteiger partial charge in [-0.1, -0.05) is 0 Å². The average molecular weight is 276 g/mol. The molecule has 0 bridgehead atoms. The van der Waals surface area contributed by atoms with Gasteiger partial charge in [-0.3, -0.25) is 14.7 Å². The number of nitrogens with one attached hydrogen (secondary N) is 1. The molecule has 1 atom stereocenters. The van der Waals surface area contributed by atoms with Gasteiger partial charge in [0.05, 0.1) is 11.6 Å². The number of anilines is 1. The smallest absolute Gasteiger partial charge is 0.224 e. The van der Waals surface area contributed by atoms with Gasteiger partial charge in [-0.2, -0.15) is 0 Å². The minimum Gasteiger partial charge on any atom is -0.398 e. The first-order valence-electron chi connectivity index (χ1n) is 7.17. The summed E-state index contributed by atoms with van der Waals surface area (Å²) in [6.45, 7) is 6.58. The van der Waals surface area contributed by atoms with Gasteiger partial charge >= 0.3 is 0 Å². The zero-order valence-corrected chi connectivity index (χ0v) is 12.6. The molecule has 20 heavy (non-hydrogen) atoms. The standard InChI is InChI=1S/C15H24N4O/c1-10-7-18-13(11(2)14(10)16)9-19-6-4-5-12(8-19)15(20)17-3/h7,12H,4-6,8-9H2,1-3H3,(H2,16,18)(H,17,20). The number of hydrogen-bond donors (Lipinski definition) is 2. The first-order valence-corrected chi connectivity index (χ1v) is 7.17. The molecule has 1 aromatic rings. The molecule has 0 saturated carbocycles. The summed E-state index contributed by atoms with van der Waals surface area (Å²) in [7, 11) is 1.70.